The average Bonchev–Trinajstić information content (AvgIpc) is 4.17. The average molecular weight is 1180 g/mol. The Morgan fingerprint density at radius 2 is 0.926 bits per heavy atom. The van der Waals surface area contributed by atoms with Crippen molar-refractivity contribution in [2.24, 2.45) is 5.84 Å². The monoisotopic (exact) mass is 1170 g/mol. The number of nitrogen functional groups attached to an aromatic ring is 1. The summed E-state index contributed by atoms with van der Waals surface area (Å²) in [5.74, 6) is 5.44. The number of anilines is 2. The predicted molar refractivity (Wildman–Crippen MR) is 303 cm³/mol. The number of benzene rings is 2. The minimum atomic E-state index is -4.54. The number of imide groups is 1. The summed E-state index contributed by atoms with van der Waals surface area (Å²) < 4.78 is 84.9. The van der Waals surface area contributed by atoms with Crippen molar-refractivity contribution in [3.63, 3.8) is 0 Å². The standard InChI is InChI=1S/C34H41N5O10S.C19H17N5O4S.CH4.ClH/c1-20-17-18-25(46-20)26-35-27(23-19-24(21(2)40)39(28(23)36-26)50(44,45)22-15-13-12-14-16-22)37(29(41)47-32(3,4)5)38(30(42)48-33(6,7)8)31(43)49-34(9,10)11;1-11-8-9-16(28-11)18-21-17(23-20)14-10-15(12(2)25)24(19(14)22-18)29(26,27)13-6-4-3-5-7-13;;/h12-19H,1-11H3;3-10H,20H2,1-2H3,(H,21,22,23);1H4;1H. The van der Waals surface area contributed by atoms with E-state index in [1.54, 1.807) is 119 Å². The molecule has 6 aromatic heterocycles. The van der Waals surface area contributed by atoms with Crippen LogP contribution in [-0.4, -0.2) is 96.4 Å². The van der Waals surface area contributed by atoms with Gasteiger partial charge in [-0.3, -0.25) is 9.59 Å². The molecule has 0 saturated heterocycles. The van der Waals surface area contributed by atoms with Gasteiger partial charge in [0, 0.05) is 13.8 Å². The molecule has 0 atom stereocenters. The molecule has 0 radical (unpaired) electrons. The highest BCUT2D eigenvalue weighted by molar-refractivity contribution is 7.90. The highest BCUT2D eigenvalue weighted by Crippen LogP contribution is 2.37. The number of aryl methyl sites for hydroxylation is 2. The van der Waals surface area contributed by atoms with Crippen molar-refractivity contribution in [1.29, 1.82) is 0 Å². The molecule has 2 aromatic carbocycles. The molecule has 8 rings (SSSR count). The smallest absolute Gasteiger partial charge is 0.440 e. The number of nitrogens with two attached hydrogens (primary N) is 1. The number of Topliss-reactive ketones (excluding diaryl/α,β-unsaturated/α-hetero) is 2. The first kappa shape index (κ1) is 63.4. The van der Waals surface area contributed by atoms with E-state index in [1.807, 2.05) is 0 Å². The summed E-state index contributed by atoms with van der Waals surface area (Å²) >= 11 is 0. The van der Waals surface area contributed by atoms with E-state index < -0.39 is 72.5 Å². The molecule has 0 bridgehead atoms. The van der Waals surface area contributed by atoms with Crippen LogP contribution in [0.25, 0.3) is 45.2 Å². The number of carbonyl (C=O) groups is 5. The first-order valence-electron chi connectivity index (χ1n) is 24.1. The molecule has 0 fully saturated rings. The number of aromatic nitrogens is 6. The van der Waals surface area contributed by atoms with Gasteiger partial charge in [0.1, 0.15) is 39.7 Å². The van der Waals surface area contributed by atoms with Gasteiger partial charge in [-0.05, 0) is 137 Å². The molecule has 27 heteroatoms. The zero-order chi connectivity index (χ0) is 58.3. The number of fused-ring (bicyclic) bond motifs is 2. The van der Waals surface area contributed by atoms with Gasteiger partial charge < -0.3 is 28.5 Å². The van der Waals surface area contributed by atoms with Gasteiger partial charge in [-0.2, -0.15) is 5.01 Å². The van der Waals surface area contributed by atoms with Gasteiger partial charge in [-0.15, -0.1) is 17.4 Å². The van der Waals surface area contributed by atoms with Crippen LogP contribution in [0.15, 0.2) is 116 Å². The number of hydrogen-bond acceptors (Lipinski definition) is 20. The molecule has 432 valence electrons. The first-order chi connectivity index (χ1) is 36.7. The zero-order valence-electron chi connectivity index (χ0n) is 45.8. The fraction of sp³-hybridized carbons (Fsp3) is 0.315. The summed E-state index contributed by atoms with van der Waals surface area (Å²) in [7, 11) is -8.65. The third-order valence-electron chi connectivity index (χ3n) is 10.7. The Balaban J connectivity index is 0.000000329. The van der Waals surface area contributed by atoms with E-state index in [4.69, 9.17) is 28.9 Å². The lowest BCUT2D eigenvalue weighted by atomic mass is 10.2. The number of hydrazine groups is 2. The van der Waals surface area contributed by atoms with Crippen LogP contribution in [0.2, 0.25) is 0 Å². The fourth-order valence-electron chi connectivity index (χ4n) is 7.48. The molecule has 3 amide bonds. The highest BCUT2D eigenvalue weighted by atomic mass is 35.5. The van der Waals surface area contributed by atoms with E-state index in [9.17, 15) is 40.8 Å². The van der Waals surface area contributed by atoms with Crippen molar-refractivity contribution in [3.8, 4) is 23.2 Å². The molecule has 0 aliphatic carbocycles. The highest BCUT2D eigenvalue weighted by Gasteiger charge is 2.44. The normalized spacial score (nSPS) is 11.8. The summed E-state index contributed by atoms with van der Waals surface area (Å²) in [4.78, 5) is 85.1. The molecule has 0 spiro atoms. The SMILES string of the molecule is C.CC(=O)c1cc2c(N(C(=O)OC(C)(C)C)N(C(=O)OC(C)(C)C)C(=O)OC(C)(C)C)nc(-c3ccc(C)o3)nc2n1S(=O)(=O)c1ccccc1.CC(=O)c1cc2c(NN)nc(-c3ccc(C)o3)nc2n1S(=O)(=O)c1ccccc1.Cl. The first-order valence-corrected chi connectivity index (χ1v) is 27.0. The van der Waals surface area contributed by atoms with Gasteiger partial charge in [0.25, 0.3) is 20.0 Å². The van der Waals surface area contributed by atoms with Crippen LogP contribution in [0.5, 0.6) is 0 Å². The number of ether oxygens (including phenoxy) is 3. The maximum Gasteiger partial charge on any atom is 0.440 e. The lowest BCUT2D eigenvalue weighted by molar-refractivity contribution is -0.00683. The van der Waals surface area contributed by atoms with E-state index in [0.29, 0.717) is 31.6 Å². The summed E-state index contributed by atoms with van der Waals surface area (Å²) in [6, 6.07) is 24.2. The number of nitrogens with one attached hydrogen (secondary N) is 1. The topological polar surface area (TPSA) is 314 Å². The van der Waals surface area contributed by atoms with Crippen LogP contribution in [0.4, 0.5) is 26.0 Å². The van der Waals surface area contributed by atoms with Crippen LogP contribution in [0.1, 0.15) is 116 Å². The molecule has 8 aromatic rings. The largest absolute Gasteiger partial charge is 0.458 e. The molecule has 6 heterocycles. The molecule has 81 heavy (non-hydrogen) atoms. The van der Waals surface area contributed by atoms with Crippen LogP contribution in [0.3, 0.4) is 0 Å². The van der Waals surface area contributed by atoms with Crippen LogP contribution >= 0.6 is 12.4 Å². The molecule has 0 unspecified atom stereocenters. The van der Waals surface area contributed by atoms with Crippen molar-refractivity contribution in [2.75, 3.05) is 10.4 Å². The Kier molecular flexibility index (Phi) is 18.5. The number of carbonyl (C=O) groups excluding carboxylic acids is 5. The maximum absolute atomic E-state index is 14.3. The number of halogens is 1. The third-order valence-corrected chi connectivity index (χ3v) is 14.1. The lowest BCUT2D eigenvalue weighted by Gasteiger charge is -2.35. The summed E-state index contributed by atoms with van der Waals surface area (Å²) in [6.45, 7) is 19.8. The third kappa shape index (κ3) is 13.8. The molecular weight excluding hydrogens is 1110 g/mol. The maximum atomic E-state index is 14.3. The number of nitrogens with zero attached hydrogens (tertiary/aromatic N) is 8. The summed E-state index contributed by atoms with van der Waals surface area (Å²) in [6.07, 6.45) is -4.02. The molecule has 0 aliphatic rings. The molecular formula is C54H63ClN10O14S2. The Morgan fingerprint density at radius 3 is 1.28 bits per heavy atom. The van der Waals surface area contributed by atoms with Crippen LogP contribution < -0.4 is 16.3 Å². The van der Waals surface area contributed by atoms with Gasteiger partial charge in [0.15, 0.2) is 57.7 Å². The Hall–Kier alpha value is -8.46. The van der Waals surface area contributed by atoms with Gasteiger partial charge in [0.2, 0.25) is 0 Å². The number of furan rings is 2. The van der Waals surface area contributed by atoms with Crippen molar-refractivity contribution in [3.05, 3.63) is 120 Å². The summed E-state index contributed by atoms with van der Waals surface area (Å²) in [5.41, 5.74) is -1.88. The van der Waals surface area contributed by atoms with Crippen molar-refractivity contribution >= 4 is 96.0 Å². The lowest BCUT2D eigenvalue weighted by Crippen LogP contribution is -2.57. The van der Waals surface area contributed by atoms with Gasteiger partial charge >= 0.3 is 18.3 Å². The van der Waals surface area contributed by atoms with Gasteiger partial charge in [0.05, 0.1) is 20.6 Å². The van der Waals surface area contributed by atoms with Crippen molar-refractivity contribution in [2.45, 2.75) is 124 Å². The second kappa shape index (κ2) is 23.7. The number of hydrogen-bond donors (Lipinski definition) is 2. The number of amides is 3. The number of rotatable bonds is 10. The molecule has 0 aliphatic heterocycles. The molecule has 3 N–H and O–H groups in total. The predicted octanol–water partition coefficient (Wildman–Crippen LogP) is 11.1. The zero-order valence-corrected chi connectivity index (χ0v) is 48.3. The van der Waals surface area contributed by atoms with Crippen LogP contribution in [0, 0.1) is 13.8 Å². The second-order valence-electron chi connectivity index (χ2n) is 20.6. The second-order valence-corrected chi connectivity index (χ2v) is 24.2. The Labute approximate surface area is 474 Å². The summed E-state index contributed by atoms with van der Waals surface area (Å²) in [5, 5.41) is 0.800. The van der Waals surface area contributed by atoms with E-state index in [0.717, 1.165) is 17.0 Å². The van der Waals surface area contributed by atoms with Gasteiger partial charge in [-0.1, -0.05) is 43.8 Å². The van der Waals surface area contributed by atoms with E-state index in [2.05, 4.69) is 25.4 Å². The minimum Gasteiger partial charge on any atom is -0.458 e. The van der Waals surface area contributed by atoms with Crippen LogP contribution in [-0.2, 0) is 34.3 Å². The van der Waals surface area contributed by atoms with Crippen molar-refractivity contribution in [1.82, 2.24) is 32.9 Å². The quantitative estimate of drug-likeness (QED) is 0.0556. The fourth-order valence-corrected chi connectivity index (χ4v) is 10.5. The molecule has 0 saturated carbocycles. The van der Waals surface area contributed by atoms with Gasteiger partial charge in [-0.25, -0.2) is 64.9 Å². The van der Waals surface area contributed by atoms with E-state index in [1.165, 1.54) is 55.5 Å². The Morgan fingerprint density at radius 1 is 0.556 bits per heavy atom. The minimum absolute atomic E-state index is 0. The van der Waals surface area contributed by atoms with E-state index in [-0.39, 0.29) is 85.9 Å². The number of ketones is 2. The Bertz CT molecular complexity index is 3880. The molecule has 24 nitrogen and oxygen atoms in total. The van der Waals surface area contributed by atoms with Crippen molar-refractivity contribution < 1.29 is 63.9 Å². The van der Waals surface area contributed by atoms with E-state index >= 15 is 0 Å².